The highest BCUT2D eigenvalue weighted by atomic mass is 28.4. The van der Waals surface area contributed by atoms with E-state index in [-0.39, 0.29) is 17.2 Å². The number of hydrogen-bond donors (Lipinski definition) is 0. The first-order valence-electron chi connectivity index (χ1n) is 10.4. The van der Waals surface area contributed by atoms with Crippen LogP contribution in [0.25, 0.3) is 0 Å². The van der Waals surface area contributed by atoms with Crippen molar-refractivity contribution in [1.82, 2.24) is 9.80 Å². The van der Waals surface area contributed by atoms with Gasteiger partial charge in [-0.1, -0.05) is 51.1 Å². The molecule has 0 N–H and O–H groups in total. The maximum Gasteiger partial charge on any atom is 0.222 e. The van der Waals surface area contributed by atoms with E-state index >= 15 is 0 Å². The second-order valence-corrected chi connectivity index (χ2v) is 14.4. The molecule has 0 saturated carbocycles. The molecule has 2 saturated heterocycles. The first-order chi connectivity index (χ1) is 12.7. The van der Waals surface area contributed by atoms with Crippen LogP contribution in [0.1, 0.15) is 45.6 Å². The van der Waals surface area contributed by atoms with Crippen molar-refractivity contribution in [1.29, 1.82) is 0 Å². The second-order valence-electron chi connectivity index (χ2n) is 9.68. The molecule has 2 unspecified atom stereocenters. The molecule has 2 fully saturated rings. The van der Waals surface area contributed by atoms with E-state index in [1.54, 1.807) is 0 Å². The van der Waals surface area contributed by atoms with Crippen LogP contribution in [0.15, 0.2) is 30.3 Å². The number of rotatable bonds is 5. The molecule has 0 aromatic heterocycles. The van der Waals surface area contributed by atoms with E-state index in [2.05, 4.69) is 74.0 Å². The fourth-order valence-electron chi connectivity index (χ4n) is 4.00. The van der Waals surface area contributed by atoms with E-state index < -0.39 is 8.32 Å². The molecule has 1 aromatic rings. The predicted octanol–water partition coefficient (Wildman–Crippen LogP) is 4.27. The van der Waals surface area contributed by atoms with Gasteiger partial charge in [0.15, 0.2) is 8.32 Å². The van der Waals surface area contributed by atoms with Gasteiger partial charge in [-0.25, -0.2) is 0 Å². The molecule has 2 aliphatic rings. The van der Waals surface area contributed by atoms with Gasteiger partial charge < -0.3 is 9.33 Å². The van der Waals surface area contributed by atoms with Gasteiger partial charge in [0.1, 0.15) is 0 Å². The average Bonchev–Trinajstić information content (AvgIpc) is 3.00. The quantitative estimate of drug-likeness (QED) is 0.706. The Morgan fingerprint density at radius 3 is 2.44 bits per heavy atom. The van der Waals surface area contributed by atoms with Crippen LogP contribution in [0.5, 0.6) is 0 Å². The highest BCUT2D eigenvalue weighted by Crippen LogP contribution is 2.39. The number of benzene rings is 1. The summed E-state index contributed by atoms with van der Waals surface area (Å²) in [6, 6.07) is 10.9. The standard InChI is InChI=1S/C22H36N2O2Si/c1-22(2,3)27(4,5)26-20-17-23(16-18-10-7-6-8-11-18)15-13-19(20)24-14-9-12-21(24)25/h6-8,10-11,19-20H,9,12-17H2,1-5H3. The maximum atomic E-state index is 12.4. The summed E-state index contributed by atoms with van der Waals surface area (Å²) in [5.41, 5.74) is 1.35. The van der Waals surface area contributed by atoms with Crippen molar-refractivity contribution in [2.24, 2.45) is 0 Å². The van der Waals surface area contributed by atoms with Gasteiger partial charge in [-0.05, 0) is 36.5 Å². The van der Waals surface area contributed by atoms with E-state index in [1.807, 2.05) is 0 Å². The number of amides is 1. The molecule has 0 radical (unpaired) electrons. The van der Waals surface area contributed by atoms with Crippen LogP contribution < -0.4 is 0 Å². The molecular formula is C22H36N2O2Si. The molecule has 2 aliphatic heterocycles. The monoisotopic (exact) mass is 388 g/mol. The highest BCUT2D eigenvalue weighted by molar-refractivity contribution is 6.74. The van der Waals surface area contributed by atoms with E-state index in [0.29, 0.717) is 12.3 Å². The summed E-state index contributed by atoms with van der Waals surface area (Å²) in [4.78, 5) is 17.0. The van der Waals surface area contributed by atoms with Gasteiger partial charge in [0.05, 0.1) is 12.1 Å². The molecule has 4 nitrogen and oxygen atoms in total. The Morgan fingerprint density at radius 2 is 1.85 bits per heavy atom. The molecule has 1 amide bonds. The van der Waals surface area contributed by atoms with Crippen molar-refractivity contribution in [2.75, 3.05) is 19.6 Å². The maximum absolute atomic E-state index is 12.4. The minimum Gasteiger partial charge on any atom is -0.411 e. The summed E-state index contributed by atoms with van der Waals surface area (Å²) < 4.78 is 6.89. The molecule has 0 bridgehead atoms. The van der Waals surface area contributed by atoms with Crippen molar-refractivity contribution in [3.8, 4) is 0 Å². The lowest BCUT2D eigenvalue weighted by molar-refractivity contribution is -0.133. The number of nitrogens with zero attached hydrogens (tertiary/aromatic N) is 2. The summed E-state index contributed by atoms with van der Waals surface area (Å²) in [6.07, 6.45) is 2.83. The lowest BCUT2D eigenvalue weighted by atomic mass is 9.99. The smallest absolute Gasteiger partial charge is 0.222 e. The number of carbonyl (C=O) groups is 1. The largest absolute Gasteiger partial charge is 0.411 e. The lowest BCUT2D eigenvalue weighted by Crippen LogP contribution is -2.59. The third-order valence-electron chi connectivity index (χ3n) is 6.62. The van der Waals surface area contributed by atoms with Crippen LogP contribution in [0.4, 0.5) is 0 Å². The Kier molecular flexibility index (Phi) is 6.13. The molecule has 5 heteroatoms. The van der Waals surface area contributed by atoms with Crippen LogP contribution in [0.3, 0.4) is 0 Å². The Bertz CT molecular complexity index is 641. The zero-order chi connectivity index (χ0) is 19.7. The molecule has 27 heavy (non-hydrogen) atoms. The fraction of sp³-hybridized carbons (Fsp3) is 0.682. The van der Waals surface area contributed by atoms with Gasteiger partial charge >= 0.3 is 0 Å². The minimum atomic E-state index is -1.89. The van der Waals surface area contributed by atoms with Gasteiger partial charge in [-0.2, -0.15) is 0 Å². The van der Waals surface area contributed by atoms with Gasteiger partial charge in [0.2, 0.25) is 5.91 Å². The van der Waals surface area contributed by atoms with Crippen LogP contribution in [0, 0.1) is 0 Å². The summed E-state index contributed by atoms with van der Waals surface area (Å²) >= 11 is 0. The van der Waals surface area contributed by atoms with Crippen LogP contribution >= 0.6 is 0 Å². The zero-order valence-electron chi connectivity index (χ0n) is 17.7. The number of hydrogen-bond acceptors (Lipinski definition) is 3. The molecule has 150 valence electrons. The lowest BCUT2D eigenvalue weighted by Gasteiger charge is -2.47. The third kappa shape index (κ3) is 4.82. The third-order valence-corrected chi connectivity index (χ3v) is 11.1. The molecule has 0 aliphatic carbocycles. The summed E-state index contributed by atoms with van der Waals surface area (Å²) in [7, 11) is -1.89. The van der Waals surface area contributed by atoms with Crippen molar-refractivity contribution in [3.05, 3.63) is 35.9 Å². The summed E-state index contributed by atoms with van der Waals surface area (Å²) in [5.74, 6) is 0.320. The summed E-state index contributed by atoms with van der Waals surface area (Å²) in [6.45, 7) is 15.3. The molecule has 2 atom stereocenters. The Morgan fingerprint density at radius 1 is 1.15 bits per heavy atom. The van der Waals surface area contributed by atoms with Gasteiger partial charge in [0.25, 0.3) is 0 Å². The SMILES string of the molecule is CC(C)(C)[Si](C)(C)OC1CN(Cc2ccccc2)CCC1N1CCCC1=O. The highest BCUT2D eigenvalue weighted by Gasteiger charge is 2.44. The first-order valence-corrected chi connectivity index (χ1v) is 13.3. The molecule has 3 rings (SSSR count). The normalized spacial score (nSPS) is 25.2. The van der Waals surface area contributed by atoms with Gasteiger partial charge in [0, 0.05) is 32.6 Å². The van der Waals surface area contributed by atoms with Crippen LogP contribution in [0.2, 0.25) is 18.1 Å². The number of likely N-dealkylation sites (tertiary alicyclic amines) is 2. The van der Waals surface area contributed by atoms with Crippen molar-refractivity contribution in [2.45, 2.75) is 76.9 Å². The van der Waals surface area contributed by atoms with Crippen molar-refractivity contribution >= 4 is 14.2 Å². The van der Waals surface area contributed by atoms with Crippen molar-refractivity contribution in [3.63, 3.8) is 0 Å². The first kappa shape index (κ1) is 20.6. The van der Waals surface area contributed by atoms with Crippen LogP contribution in [-0.2, 0) is 15.8 Å². The summed E-state index contributed by atoms with van der Waals surface area (Å²) in [5, 5.41) is 0.175. The number of carbonyl (C=O) groups excluding carboxylic acids is 1. The average molecular weight is 389 g/mol. The number of piperidine rings is 1. The topological polar surface area (TPSA) is 32.8 Å². The predicted molar refractivity (Wildman–Crippen MR) is 113 cm³/mol. The van der Waals surface area contributed by atoms with E-state index in [9.17, 15) is 4.79 Å². The van der Waals surface area contributed by atoms with Crippen LogP contribution in [-0.4, -0.2) is 55.8 Å². The van der Waals surface area contributed by atoms with E-state index in [4.69, 9.17) is 4.43 Å². The second kappa shape index (κ2) is 8.06. The Hall–Kier alpha value is -1.17. The zero-order valence-corrected chi connectivity index (χ0v) is 18.7. The van der Waals surface area contributed by atoms with E-state index in [1.165, 1.54) is 5.56 Å². The molecule has 1 aromatic carbocycles. The van der Waals surface area contributed by atoms with E-state index in [0.717, 1.165) is 39.0 Å². The minimum absolute atomic E-state index is 0.116. The molecule has 2 heterocycles. The molecular weight excluding hydrogens is 352 g/mol. The van der Waals surface area contributed by atoms with Gasteiger partial charge in [-0.15, -0.1) is 0 Å². The Balaban J connectivity index is 1.76. The fourth-order valence-corrected chi connectivity index (χ4v) is 5.34. The Labute approximate surface area is 166 Å². The molecule has 0 spiro atoms. The van der Waals surface area contributed by atoms with Gasteiger partial charge in [-0.3, -0.25) is 9.69 Å². The van der Waals surface area contributed by atoms with Crippen molar-refractivity contribution < 1.29 is 9.22 Å².